The summed E-state index contributed by atoms with van der Waals surface area (Å²) in [6.45, 7) is 8.67. The molecule has 3 nitrogen and oxygen atoms in total. The summed E-state index contributed by atoms with van der Waals surface area (Å²) in [5.74, 6) is 0.932. The van der Waals surface area contributed by atoms with Crippen LogP contribution >= 0.6 is 11.6 Å². The minimum Gasteiger partial charge on any atom is -0.492 e. The fourth-order valence-electron chi connectivity index (χ4n) is 3.19. The van der Waals surface area contributed by atoms with Gasteiger partial charge in [-0.15, -0.1) is 0 Å². The number of nitrogens with zero attached hydrogens (tertiary/aromatic N) is 1. The number of hydrogen-bond donors (Lipinski definition) is 1. The number of fused-ring (bicyclic) bond motifs is 1. The molecule has 20 heavy (non-hydrogen) atoms. The number of ether oxygens (including phenoxy) is 1. The molecule has 1 aromatic carbocycles. The molecule has 0 atom stereocenters. The number of rotatable bonds is 3. The van der Waals surface area contributed by atoms with Gasteiger partial charge in [0.05, 0.1) is 11.6 Å². The third-order valence-electron chi connectivity index (χ3n) is 4.45. The van der Waals surface area contributed by atoms with Gasteiger partial charge in [-0.25, -0.2) is 0 Å². The minimum absolute atomic E-state index is 0.792. The summed E-state index contributed by atoms with van der Waals surface area (Å²) in [6, 6.07) is 2.11. The van der Waals surface area contributed by atoms with Crippen LogP contribution in [-0.2, 0) is 12.8 Å². The van der Waals surface area contributed by atoms with Crippen molar-refractivity contribution in [3.8, 4) is 5.75 Å². The highest BCUT2D eigenvalue weighted by Gasteiger charge is 2.19. The normalized spacial score (nSPS) is 19.5. The second-order valence-electron chi connectivity index (χ2n) is 5.74. The molecule has 2 aliphatic heterocycles. The molecule has 0 radical (unpaired) electrons. The van der Waals surface area contributed by atoms with E-state index in [2.05, 4.69) is 23.2 Å². The Kier molecular flexibility index (Phi) is 4.49. The Morgan fingerprint density at radius 2 is 2.15 bits per heavy atom. The summed E-state index contributed by atoms with van der Waals surface area (Å²) in [5.41, 5.74) is 4.11. The van der Waals surface area contributed by atoms with Crippen LogP contribution in [-0.4, -0.2) is 44.2 Å². The topological polar surface area (TPSA) is 24.5 Å². The summed E-state index contributed by atoms with van der Waals surface area (Å²) < 4.78 is 5.73. The molecular formula is C16H23ClN2O. The lowest BCUT2D eigenvalue weighted by atomic mass is 9.94. The first kappa shape index (κ1) is 14.2. The van der Waals surface area contributed by atoms with E-state index < -0.39 is 0 Å². The Morgan fingerprint density at radius 1 is 1.35 bits per heavy atom. The Balaban J connectivity index is 1.74. The van der Waals surface area contributed by atoms with E-state index in [0.29, 0.717) is 0 Å². The summed E-state index contributed by atoms with van der Waals surface area (Å²) in [5, 5.41) is 4.19. The summed E-state index contributed by atoms with van der Waals surface area (Å²) >= 11 is 6.39. The number of nitrogens with one attached hydrogen (secondary N) is 1. The Labute approximate surface area is 126 Å². The maximum absolute atomic E-state index is 6.39. The zero-order chi connectivity index (χ0) is 13.9. The molecule has 0 bridgehead atoms. The van der Waals surface area contributed by atoms with E-state index in [4.69, 9.17) is 16.3 Å². The third kappa shape index (κ3) is 2.95. The van der Waals surface area contributed by atoms with E-state index in [1.807, 2.05) is 0 Å². The van der Waals surface area contributed by atoms with Gasteiger partial charge in [0.15, 0.2) is 0 Å². The molecule has 0 aliphatic carbocycles. The summed E-state index contributed by atoms with van der Waals surface area (Å²) in [6.07, 6.45) is 3.28. The van der Waals surface area contributed by atoms with Crippen LogP contribution in [0.2, 0.25) is 5.02 Å². The molecule has 0 saturated carbocycles. The third-order valence-corrected chi connectivity index (χ3v) is 4.73. The zero-order valence-electron chi connectivity index (χ0n) is 12.2. The molecule has 4 heteroatoms. The first-order valence-electron chi connectivity index (χ1n) is 7.62. The highest BCUT2D eigenvalue weighted by atomic mass is 35.5. The zero-order valence-corrected chi connectivity index (χ0v) is 12.9. The lowest BCUT2D eigenvalue weighted by molar-refractivity contribution is 0.243. The van der Waals surface area contributed by atoms with Gasteiger partial charge in [0, 0.05) is 32.7 Å². The largest absolute Gasteiger partial charge is 0.492 e. The van der Waals surface area contributed by atoms with Crippen LogP contribution in [0.5, 0.6) is 5.75 Å². The molecule has 1 fully saturated rings. The van der Waals surface area contributed by atoms with Gasteiger partial charge >= 0.3 is 0 Å². The Bertz CT molecular complexity index is 484. The first-order valence-corrected chi connectivity index (χ1v) is 8.00. The van der Waals surface area contributed by atoms with E-state index in [1.54, 1.807) is 0 Å². The van der Waals surface area contributed by atoms with Crippen LogP contribution in [0.1, 0.15) is 23.1 Å². The van der Waals surface area contributed by atoms with Crippen LogP contribution in [0.3, 0.4) is 0 Å². The molecule has 2 heterocycles. The number of benzene rings is 1. The van der Waals surface area contributed by atoms with Crippen LogP contribution in [0.4, 0.5) is 0 Å². The standard InChI is InChI=1S/C16H23ClN2O/c1-12-13(4-7-19-8-5-18-6-9-19)11-15(17)16-14(12)3-2-10-20-16/h11,18H,2-10H2,1H3. The average Bonchev–Trinajstić information content (AvgIpc) is 2.50. The molecule has 1 aromatic rings. The summed E-state index contributed by atoms with van der Waals surface area (Å²) in [7, 11) is 0. The predicted molar refractivity (Wildman–Crippen MR) is 83.0 cm³/mol. The number of halogens is 1. The smallest absolute Gasteiger partial charge is 0.141 e. The van der Waals surface area contributed by atoms with E-state index >= 15 is 0 Å². The van der Waals surface area contributed by atoms with Crippen molar-refractivity contribution in [3.63, 3.8) is 0 Å². The van der Waals surface area contributed by atoms with Gasteiger partial charge < -0.3 is 15.0 Å². The van der Waals surface area contributed by atoms with Crippen LogP contribution in [0.25, 0.3) is 0 Å². The second-order valence-corrected chi connectivity index (χ2v) is 6.15. The SMILES string of the molecule is Cc1c(CCN2CCNCC2)cc(Cl)c2c1CCCO2. The first-order chi connectivity index (χ1) is 9.75. The lowest BCUT2D eigenvalue weighted by Gasteiger charge is -2.28. The summed E-state index contributed by atoms with van der Waals surface area (Å²) in [4.78, 5) is 2.53. The fourth-order valence-corrected chi connectivity index (χ4v) is 3.49. The molecule has 0 amide bonds. The van der Waals surface area contributed by atoms with Gasteiger partial charge in [-0.05, 0) is 48.9 Å². The molecule has 3 rings (SSSR count). The van der Waals surface area contributed by atoms with Crippen molar-refractivity contribution >= 4 is 11.6 Å². The van der Waals surface area contributed by atoms with Crippen molar-refractivity contribution in [2.24, 2.45) is 0 Å². The quantitative estimate of drug-likeness (QED) is 0.927. The van der Waals surface area contributed by atoms with Gasteiger partial charge in [-0.3, -0.25) is 0 Å². The van der Waals surface area contributed by atoms with Crippen molar-refractivity contribution < 1.29 is 4.74 Å². The van der Waals surface area contributed by atoms with Crippen LogP contribution in [0, 0.1) is 6.92 Å². The molecule has 0 unspecified atom stereocenters. The van der Waals surface area contributed by atoms with Crippen LogP contribution < -0.4 is 10.1 Å². The number of piperazine rings is 1. The van der Waals surface area contributed by atoms with Crippen molar-refractivity contribution in [1.29, 1.82) is 0 Å². The van der Waals surface area contributed by atoms with Crippen molar-refractivity contribution in [2.75, 3.05) is 39.3 Å². The van der Waals surface area contributed by atoms with Crippen molar-refractivity contribution in [3.05, 3.63) is 27.8 Å². The Hall–Kier alpha value is -0.770. The van der Waals surface area contributed by atoms with Gasteiger partial charge in [0.2, 0.25) is 0 Å². The van der Waals surface area contributed by atoms with Gasteiger partial charge in [-0.1, -0.05) is 11.6 Å². The van der Waals surface area contributed by atoms with Crippen LogP contribution in [0.15, 0.2) is 6.07 Å². The molecule has 2 aliphatic rings. The van der Waals surface area contributed by atoms with E-state index in [1.165, 1.54) is 16.7 Å². The maximum Gasteiger partial charge on any atom is 0.141 e. The minimum atomic E-state index is 0.792. The van der Waals surface area contributed by atoms with Gasteiger partial charge in [0.25, 0.3) is 0 Å². The molecule has 0 spiro atoms. The van der Waals surface area contributed by atoms with Crippen molar-refractivity contribution in [1.82, 2.24) is 10.2 Å². The molecule has 0 aromatic heterocycles. The van der Waals surface area contributed by atoms with E-state index in [0.717, 1.165) is 69.4 Å². The predicted octanol–water partition coefficient (Wildman–Crippen LogP) is 2.42. The highest BCUT2D eigenvalue weighted by molar-refractivity contribution is 6.32. The highest BCUT2D eigenvalue weighted by Crippen LogP contribution is 2.37. The van der Waals surface area contributed by atoms with Gasteiger partial charge in [-0.2, -0.15) is 0 Å². The van der Waals surface area contributed by atoms with E-state index in [9.17, 15) is 0 Å². The molecule has 1 N–H and O–H groups in total. The second kappa shape index (κ2) is 6.33. The fraction of sp³-hybridized carbons (Fsp3) is 0.625. The Morgan fingerprint density at radius 3 is 2.95 bits per heavy atom. The average molecular weight is 295 g/mol. The molecule has 110 valence electrons. The van der Waals surface area contributed by atoms with Gasteiger partial charge in [0.1, 0.15) is 5.75 Å². The maximum atomic E-state index is 6.39. The monoisotopic (exact) mass is 294 g/mol. The lowest BCUT2D eigenvalue weighted by Crippen LogP contribution is -2.44. The molecule has 1 saturated heterocycles. The van der Waals surface area contributed by atoms with Crippen molar-refractivity contribution in [2.45, 2.75) is 26.2 Å². The van der Waals surface area contributed by atoms with E-state index in [-0.39, 0.29) is 0 Å². The number of hydrogen-bond acceptors (Lipinski definition) is 3. The molecular weight excluding hydrogens is 272 g/mol.